The van der Waals surface area contributed by atoms with Gasteiger partial charge in [-0.3, -0.25) is 4.57 Å². The smallest absolute Gasteiger partial charge is 0.266 e. The molecule has 0 saturated carbocycles. The number of nitrogens with zero attached hydrogens (tertiary/aromatic N) is 2. The predicted molar refractivity (Wildman–Crippen MR) is 119 cm³/mol. The second kappa shape index (κ2) is 9.20. The molecular formula is C26H19BN2Y-. The summed E-state index contributed by atoms with van der Waals surface area (Å²) in [6.45, 7) is 2.12. The molecule has 1 aromatic heterocycles. The molecule has 5 rings (SSSR count). The van der Waals surface area contributed by atoms with Crippen LogP contribution in [-0.4, -0.2) is 13.4 Å². The van der Waals surface area contributed by atoms with Crippen LogP contribution in [0.1, 0.15) is 5.56 Å². The number of fused-ring (bicyclic) bond motifs is 3. The summed E-state index contributed by atoms with van der Waals surface area (Å²) < 4.78 is 2.03. The minimum Gasteiger partial charge on any atom is -0.266 e. The Bertz CT molecular complexity index is 1350. The maximum Gasteiger partial charge on any atom is 0.279 e. The van der Waals surface area contributed by atoms with E-state index in [1.54, 1.807) is 0 Å². The van der Waals surface area contributed by atoms with Crippen molar-refractivity contribution in [1.82, 2.24) is 4.98 Å². The molecule has 0 saturated heterocycles. The summed E-state index contributed by atoms with van der Waals surface area (Å²) in [7, 11) is 2.01. The first-order valence-corrected chi connectivity index (χ1v) is 9.38. The molecule has 0 unspecified atom stereocenters. The number of aromatic nitrogens is 2. The van der Waals surface area contributed by atoms with Crippen LogP contribution in [0, 0.1) is 19.1 Å². The fraction of sp³-hybridized carbons (Fsp3) is 0.0769. The van der Waals surface area contributed by atoms with Gasteiger partial charge in [-0.1, -0.05) is 53.2 Å². The van der Waals surface area contributed by atoms with Crippen LogP contribution in [0.25, 0.3) is 43.9 Å². The number of hydrogen-bond donors (Lipinski definition) is 0. The van der Waals surface area contributed by atoms with Crippen molar-refractivity contribution in [3.63, 3.8) is 0 Å². The van der Waals surface area contributed by atoms with Gasteiger partial charge in [0.1, 0.15) is 6.20 Å². The van der Waals surface area contributed by atoms with Gasteiger partial charge in [-0.05, 0) is 16.8 Å². The summed E-state index contributed by atoms with van der Waals surface area (Å²) in [5.74, 6) is 0. The fourth-order valence-corrected chi connectivity index (χ4v) is 3.78. The molecule has 4 radical (unpaired) electrons. The molecule has 0 N–H and O–H groups in total. The van der Waals surface area contributed by atoms with Crippen LogP contribution >= 0.6 is 0 Å². The van der Waals surface area contributed by atoms with Crippen molar-refractivity contribution in [2.45, 2.75) is 6.92 Å². The molecule has 0 atom stereocenters. The van der Waals surface area contributed by atoms with Gasteiger partial charge < -0.3 is 0 Å². The molecular weight excluding hydrogens is 440 g/mol. The summed E-state index contributed by atoms with van der Waals surface area (Å²) in [5.41, 5.74) is 5.49. The van der Waals surface area contributed by atoms with Crippen molar-refractivity contribution in [3.05, 3.63) is 97.0 Å². The van der Waals surface area contributed by atoms with Crippen LogP contribution in [-0.2, 0) is 39.8 Å². The Morgan fingerprint density at radius 1 is 0.800 bits per heavy atom. The Kier molecular flexibility index (Phi) is 6.85. The van der Waals surface area contributed by atoms with E-state index >= 15 is 0 Å². The van der Waals surface area contributed by atoms with Gasteiger partial charge in [0.2, 0.25) is 0 Å². The first-order valence-electron chi connectivity index (χ1n) is 9.38. The first-order chi connectivity index (χ1) is 13.7. The van der Waals surface area contributed by atoms with Crippen LogP contribution in [0.5, 0.6) is 0 Å². The average molecular weight is 459 g/mol. The van der Waals surface area contributed by atoms with Gasteiger partial charge >= 0.3 is 0 Å². The van der Waals surface area contributed by atoms with Crippen LogP contribution in [0.3, 0.4) is 0 Å². The van der Waals surface area contributed by atoms with E-state index in [0.29, 0.717) is 0 Å². The van der Waals surface area contributed by atoms with Crippen molar-refractivity contribution in [2.75, 3.05) is 0 Å². The molecule has 0 spiro atoms. The Labute approximate surface area is 204 Å². The zero-order chi connectivity index (χ0) is 19.1. The molecule has 0 fully saturated rings. The van der Waals surface area contributed by atoms with Gasteiger partial charge in [-0.15, -0.1) is 29.1 Å². The molecule has 5 aromatic rings. The summed E-state index contributed by atoms with van der Waals surface area (Å²) in [6, 6.07) is 30.7. The third-order valence-electron chi connectivity index (χ3n) is 5.30. The second-order valence-electron chi connectivity index (χ2n) is 7.13. The number of aryl methyl sites for hydroxylation is 2. The van der Waals surface area contributed by atoms with Gasteiger partial charge in [0.25, 0.3) is 6.33 Å². The molecule has 0 bridgehead atoms. The molecule has 30 heavy (non-hydrogen) atoms. The molecule has 0 aliphatic heterocycles. The summed E-state index contributed by atoms with van der Waals surface area (Å²) >= 11 is 0. The first kappa shape index (κ1) is 22.3. The van der Waals surface area contributed by atoms with E-state index in [4.69, 9.17) is 0 Å². The fourth-order valence-electron chi connectivity index (χ4n) is 3.78. The minimum absolute atomic E-state index is 0. The second-order valence-corrected chi connectivity index (χ2v) is 7.13. The van der Waals surface area contributed by atoms with E-state index in [-0.39, 0.29) is 41.1 Å². The van der Waals surface area contributed by atoms with E-state index in [1.165, 1.54) is 21.7 Å². The van der Waals surface area contributed by atoms with Crippen molar-refractivity contribution in [1.29, 1.82) is 0 Å². The molecule has 2 nitrogen and oxygen atoms in total. The summed E-state index contributed by atoms with van der Waals surface area (Å²) in [5, 5.41) is 4.88. The normalized spacial score (nSPS) is 10.5. The Morgan fingerprint density at radius 3 is 2.40 bits per heavy atom. The molecule has 0 aliphatic rings. The average Bonchev–Trinajstić information content (AvgIpc) is 2.74. The van der Waals surface area contributed by atoms with E-state index in [0.717, 1.165) is 27.8 Å². The molecule has 1 heterocycles. The third-order valence-corrected chi connectivity index (χ3v) is 5.30. The van der Waals surface area contributed by atoms with E-state index in [1.807, 2.05) is 30.2 Å². The Morgan fingerprint density at radius 2 is 1.57 bits per heavy atom. The van der Waals surface area contributed by atoms with Crippen molar-refractivity contribution < 1.29 is 37.3 Å². The topological polar surface area (TPSA) is 16.8 Å². The monoisotopic (exact) mass is 459 g/mol. The van der Waals surface area contributed by atoms with Gasteiger partial charge in [-0.25, -0.2) is 0 Å². The quantitative estimate of drug-likeness (QED) is 0.156. The maximum atomic E-state index is 4.18. The van der Waals surface area contributed by atoms with E-state index < -0.39 is 0 Å². The summed E-state index contributed by atoms with van der Waals surface area (Å²) in [6.07, 6.45) is 3.64. The van der Waals surface area contributed by atoms with Crippen molar-refractivity contribution in [3.8, 4) is 22.4 Å². The predicted octanol–water partition coefficient (Wildman–Crippen LogP) is 5.07. The van der Waals surface area contributed by atoms with Gasteiger partial charge in [-0.2, -0.15) is 35.4 Å². The summed E-state index contributed by atoms with van der Waals surface area (Å²) in [4.78, 5) is 4.18. The molecule has 140 valence electrons. The zero-order valence-corrected chi connectivity index (χ0v) is 19.9. The van der Waals surface area contributed by atoms with Gasteiger partial charge in [0, 0.05) is 41.1 Å². The Balaban J connectivity index is 0.00000128. The molecule has 0 amide bonds. The number of rotatable bonds is 2. The van der Waals surface area contributed by atoms with Crippen molar-refractivity contribution in [2.24, 2.45) is 7.05 Å². The van der Waals surface area contributed by atoms with Crippen LogP contribution in [0.4, 0.5) is 0 Å². The minimum atomic E-state index is 0. The molecule has 0 aliphatic carbocycles. The molecule has 4 heteroatoms. The van der Waals surface area contributed by atoms with Gasteiger partial charge in [0.15, 0.2) is 0 Å². The van der Waals surface area contributed by atoms with Crippen molar-refractivity contribution >= 4 is 30.0 Å². The number of hydrogen-bond acceptors (Lipinski definition) is 1. The largest absolute Gasteiger partial charge is 0.279 e. The van der Waals surface area contributed by atoms with E-state index in [2.05, 4.69) is 84.7 Å². The molecule has 4 aromatic carbocycles. The van der Waals surface area contributed by atoms with Crippen LogP contribution < -0.4 is 4.57 Å². The van der Waals surface area contributed by atoms with E-state index in [9.17, 15) is 0 Å². The third kappa shape index (κ3) is 3.97. The van der Waals surface area contributed by atoms with Gasteiger partial charge in [0.05, 0.1) is 12.7 Å². The Hall–Kier alpha value is -2.35. The van der Waals surface area contributed by atoms with Crippen LogP contribution in [0.2, 0.25) is 0 Å². The van der Waals surface area contributed by atoms with Crippen LogP contribution in [0.15, 0.2) is 79.3 Å². The SMILES string of the molecule is Cc1ccc(-c2[c-]c3ccc4ccccc4c3cc2)[c-]c1-c1ccnc[n+]1C.[B].[Y]. The zero-order valence-electron chi connectivity index (χ0n) is 17.1. The maximum absolute atomic E-state index is 4.18. The standard InChI is InChI=1S/C26H19N2.B.Y/c1-18-7-8-21(16-25(18)26-13-14-27-17-28(26)2)20-11-12-24-22(15-20)10-9-19-5-3-4-6-23(19)24;;/h3-14,17H,1-2H3;;/q-1;;. The number of benzene rings is 4.